The molecule has 92 valence electrons. The van der Waals surface area contributed by atoms with Crippen molar-refractivity contribution in [1.82, 2.24) is 5.32 Å². The van der Waals surface area contributed by atoms with Crippen LogP contribution in [0.1, 0.15) is 18.4 Å². The summed E-state index contributed by atoms with van der Waals surface area (Å²) >= 11 is 0. The van der Waals surface area contributed by atoms with Gasteiger partial charge in [-0.2, -0.15) is 0 Å². The van der Waals surface area contributed by atoms with Gasteiger partial charge in [-0.3, -0.25) is 4.99 Å². The van der Waals surface area contributed by atoms with Gasteiger partial charge >= 0.3 is 0 Å². The molecule has 1 heterocycles. The van der Waals surface area contributed by atoms with Crippen molar-refractivity contribution in [3.05, 3.63) is 35.9 Å². The molecule has 0 aliphatic carbocycles. The third-order valence-corrected chi connectivity index (χ3v) is 2.80. The highest BCUT2D eigenvalue weighted by molar-refractivity contribution is 5.83. The highest BCUT2D eigenvalue weighted by Gasteiger charge is 2.03. The summed E-state index contributed by atoms with van der Waals surface area (Å²) in [6, 6.07) is 10.5. The SMILES string of the molecule is c1ccc(CCCOCC2=NCCCN2)cc1. The van der Waals surface area contributed by atoms with Crippen LogP contribution in [0.4, 0.5) is 0 Å². The van der Waals surface area contributed by atoms with Gasteiger partial charge in [0.05, 0.1) is 0 Å². The fraction of sp³-hybridized carbons (Fsp3) is 0.500. The molecular formula is C14H20N2O. The molecule has 0 fully saturated rings. The van der Waals surface area contributed by atoms with Gasteiger partial charge in [0, 0.05) is 19.7 Å². The zero-order valence-electron chi connectivity index (χ0n) is 10.2. The quantitative estimate of drug-likeness (QED) is 0.761. The van der Waals surface area contributed by atoms with Crippen molar-refractivity contribution in [3.8, 4) is 0 Å². The molecule has 1 aromatic rings. The molecule has 2 rings (SSSR count). The number of hydrogen-bond donors (Lipinski definition) is 1. The van der Waals surface area contributed by atoms with E-state index in [1.54, 1.807) is 0 Å². The second-order valence-corrected chi connectivity index (χ2v) is 4.25. The predicted octanol–water partition coefficient (Wildman–Crippen LogP) is 2.03. The molecule has 0 aromatic heterocycles. The van der Waals surface area contributed by atoms with Crippen LogP contribution in [0.2, 0.25) is 0 Å². The van der Waals surface area contributed by atoms with E-state index in [4.69, 9.17) is 4.74 Å². The van der Waals surface area contributed by atoms with E-state index in [9.17, 15) is 0 Å². The molecule has 0 saturated carbocycles. The molecule has 1 N–H and O–H groups in total. The van der Waals surface area contributed by atoms with Crippen molar-refractivity contribution in [2.75, 3.05) is 26.3 Å². The first-order valence-corrected chi connectivity index (χ1v) is 6.34. The van der Waals surface area contributed by atoms with Crippen LogP contribution >= 0.6 is 0 Å². The Morgan fingerprint density at radius 3 is 2.88 bits per heavy atom. The minimum Gasteiger partial charge on any atom is -0.374 e. The molecule has 17 heavy (non-hydrogen) atoms. The Morgan fingerprint density at radius 1 is 1.24 bits per heavy atom. The maximum absolute atomic E-state index is 5.60. The van der Waals surface area contributed by atoms with E-state index in [1.165, 1.54) is 5.56 Å². The molecule has 0 radical (unpaired) electrons. The summed E-state index contributed by atoms with van der Waals surface area (Å²) in [4.78, 5) is 4.37. The minimum absolute atomic E-state index is 0.634. The number of benzene rings is 1. The van der Waals surface area contributed by atoms with Crippen LogP contribution in [0, 0.1) is 0 Å². The van der Waals surface area contributed by atoms with E-state index >= 15 is 0 Å². The first-order valence-electron chi connectivity index (χ1n) is 6.34. The number of rotatable bonds is 6. The van der Waals surface area contributed by atoms with E-state index in [1.807, 2.05) is 6.07 Å². The fourth-order valence-corrected chi connectivity index (χ4v) is 1.87. The third-order valence-electron chi connectivity index (χ3n) is 2.80. The van der Waals surface area contributed by atoms with Gasteiger partial charge in [-0.15, -0.1) is 0 Å². The van der Waals surface area contributed by atoms with Crippen LogP contribution < -0.4 is 5.32 Å². The van der Waals surface area contributed by atoms with Gasteiger partial charge in [0.25, 0.3) is 0 Å². The number of aliphatic imine (C=N–C) groups is 1. The van der Waals surface area contributed by atoms with Gasteiger partial charge in [-0.25, -0.2) is 0 Å². The lowest BCUT2D eigenvalue weighted by atomic mass is 10.1. The fourth-order valence-electron chi connectivity index (χ4n) is 1.87. The van der Waals surface area contributed by atoms with Crippen LogP contribution in [0.3, 0.4) is 0 Å². The summed E-state index contributed by atoms with van der Waals surface area (Å²) in [6.45, 7) is 3.41. The van der Waals surface area contributed by atoms with Crippen LogP contribution in [0.15, 0.2) is 35.3 Å². The van der Waals surface area contributed by atoms with E-state index in [2.05, 4.69) is 34.6 Å². The van der Waals surface area contributed by atoms with Crippen molar-refractivity contribution in [2.24, 2.45) is 4.99 Å². The molecule has 0 amide bonds. The van der Waals surface area contributed by atoms with Gasteiger partial charge in [0.15, 0.2) is 0 Å². The molecule has 1 aliphatic heterocycles. The number of amidine groups is 1. The number of nitrogens with zero attached hydrogens (tertiary/aromatic N) is 1. The number of nitrogens with one attached hydrogen (secondary N) is 1. The third kappa shape index (κ3) is 4.57. The van der Waals surface area contributed by atoms with Gasteiger partial charge in [0.2, 0.25) is 0 Å². The first kappa shape index (κ1) is 12.1. The van der Waals surface area contributed by atoms with Crippen LogP contribution in [-0.2, 0) is 11.2 Å². The van der Waals surface area contributed by atoms with Crippen molar-refractivity contribution in [3.63, 3.8) is 0 Å². The van der Waals surface area contributed by atoms with Gasteiger partial charge in [-0.05, 0) is 24.8 Å². The summed E-state index contributed by atoms with van der Waals surface area (Å²) in [5, 5.41) is 3.25. The van der Waals surface area contributed by atoms with E-state index in [0.717, 1.165) is 44.8 Å². The van der Waals surface area contributed by atoms with Crippen molar-refractivity contribution >= 4 is 5.84 Å². The summed E-state index contributed by atoms with van der Waals surface area (Å²) in [7, 11) is 0. The Morgan fingerprint density at radius 2 is 2.12 bits per heavy atom. The van der Waals surface area contributed by atoms with E-state index < -0.39 is 0 Å². The van der Waals surface area contributed by atoms with Crippen LogP contribution in [-0.4, -0.2) is 32.1 Å². The average molecular weight is 232 g/mol. The second-order valence-electron chi connectivity index (χ2n) is 4.25. The second kappa shape index (κ2) is 7.07. The molecule has 3 nitrogen and oxygen atoms in total. The Hall–Kier alpha value is -1.35. The monoisotopic (exact) mass is 232 g/mol. The molecule has 0 unspecified atom stereocenters. The summed E-state index contributed by atoms with van der Waals surface area (Å²) in [5.41, 5.74) is 1.38. The smallest absolute Gasteiger partial charge is 0.123 e. The molecule has 0 atom stereocenters. The van der Waals surface area contributed by atoms with E-state index in [-0.39, 0.29) is 0 Å². The molecular weight excluding hydrogens is 212 g/mol. The molecule has 0 spiro atoms. The standard InChI is InChI=1S/C14H20N2O/c1-2-6-13(7-3-1)8-4-11-17-12-14-15-9-5-10-16-14/h1-3,6-7H,4-5,8-12H2,(H,15,16). The zero-order chi connectivity index (χ0) is 11.8. The molecule has 1 aromatic carbocycles. The number of aryl methyl sites for hydroxylation is 1. The summed E-state index contributed by atoms with van der Waals surface area (Å²) in [5.74, 6) is 1.01. The Balaban J connectivity index is 1.56. The van der Waals surface area contributed by atoms with Crippen molar-refractivity contribution < 1.29 is 4.74 Å². The number of hydrogen-bond acceptors (Lipinski definition) is 3. The van der Waals surface area contributed by atoms with Crippen molar-refractivity contribution in [1.29, 1.82) is 0 Å². The summed E-state index contributed by atoms with van der Waals surface area (Å²) < 4.78 is 5.60. The van der Waals surface area contributed by atoms with E-state index in [0.29, 0.717) is 6.61 Å². The van der Waals surface area contributed by atoms with Crippen molar-refractivity contribution in [2.45, 2.75) is 19.3 Å². The highest BCUT2D eigenvalue weighted by Crippen LogP contribution is 2.02. The van der Waals surface area contributed by atoms with Crippen LogP contribution in [0.25, 0.3) is 0 Å². The molecule has 1 aliphatic rings. The molecule has 0 saturated heterocycles. The van der Waals surface area contributed by atoms with Gasteiger partial charge in [0.1, 0.15) is 12.4 Å². The van der Waals surface area contributed by atoms with Gasteiger partial charge in [-0.1, -0.05) is 30.3 Å². The Bertz CT molecular complexity index is 348. The predicted molar refractivity (Wildman–Crippen MR) is 70.5 cm³/mol. The lowest BCUT2D eigenvalue weighted by molar-refractivity contribution is 0.166. The molecule has 0 bridgehead atoms. The normalized spacial score (nSPS) is 15.2. The first-order chi connectivity index (χ1) is 8.45. The van der Waals surface area contributed by atoms with Crippen LogP contribution in [0.5, 0.6) is 0 Å². The largest absolute Gasteiger partial charge is 0.374 e. The molecule has 3 heteroatoms. The topological polar surface area (TPSA) is 33.6 Å². The van der Waals surface area contributed by atoms with Gasteiger partial charge < -0.3 is 10.1 Å². The highest BCUT2D eigenvalue weighted by atomic mass is 16.5. The summed E-state index contributed by atoms with van der Waals surface area (Å²) in [6.07, 6.45) is 3.29. The lowest BCUT2D eigenvalue weighted by Crippen LogP contribution is -2.33. The maximum atomic E-state index is 5.60. The Kier molecular flexibility index (Phi) is 5.04. The number of ether oxygens (including phenoxy) is 1. The minimum atomic E-state index is 0.634. The lowest BCUT2D eigenvalue weighted by Gasteiger charge is -2.14. The average Bonchev–Trinajstić information content (AvgIpc) is 2.41. The maximum Gasteiger partial charge on any atom is 0.123 e. The zero-order valence-corrected chi connectivity index (χ0v) is 10.2. The Labute approximate surface area is 103 Å².